The van der Waals surface area contributed by atoms with Crippen molar-refractivity contribution in [2.45, 2.75) is 19.4 Å². The highest BCUT2D eigenvalue weighted by atomic mass is 16.1. The molecule has 0 unspecified atom stereocenters. The highest BCUT2D eigenvalue weighted by Crippen LogP contribution is 2.11. The van der Waals surface area contributed by atoms with E-state index in [1.807, 2.05) is 13.8 Å². The quantitative estimate of drug-likeness (QED) is 0.639. The summed E-state index contributed by atoms with van der Waals surface area (Å²) in [6.07, 6.45) is 0. The van der Waals surface area contributed by atoms with Gasteiger partial charge in [0, 0.05) is 17.8 Å². The summed E-state index contributed by atoms with van der Waals surface area (Å²) in [5.74, 6) is -0.191. The Morgan fingerprint density at radius 2 is 2.00 bits per heavy atom. The number of hydrogen-bond donors (Lipinski definition) is 3. The Bertz CT molecular complexity index is 361. The normalized spacial score (nSPS) is 11.1. The molecule has 0 bridgehead atoms. The van der Waals surface area contributed by atoms with Crippen LogP contribution in [-0.2, 0) is 0 Å². The molecule has 0 atom stereocenters. The van der Waals surface area contributed by atoms with Crippen LogP contribution in [0.2, 0.25) is 0 Å². The van der Waals surface area contributed by atoms with Crippen molar-refractivity contribution in [1.82, 2.24) is 5.32 Å². The minimum atomic E-state index is -0.417. The van der Waals surface area contributed by atoms with E-state index in [2.05, 4.69) is 5.32 Å². The number of nitrogens with one attached hydrogen (secondary N) is 1. The Balaban J connectivity index is 2.83. The van der Waals surface area contributed by atoms with Crippen LogP contribution in [-0.4, -0.2) is 18.0 Å². The van der Waals surface area contributed by atoms with Crippen molar-refractivity contribution < 1.29 is 4.79 Å². The molecule has 0 fully saturated rings. The van der Waals surface area contributed by atoms with E-state index in [4.69, 9.17) is 11.5 Å². The SMILES string of the molecule is CC(C)(CN)NC(=O)c1ccccc1N. The number of carbonyl (C=O) groups is 1. The lowest BCUT2D eigenvalue weighted by Gasteiger charge is -2.24. The van der Waals surface area contributed by atoms with Gasteiger partial charge in [0.25, 0.3) is 5.91 Å². The molecule has 15 heavy (non-hydrogen) atoms. The van der Waals surface area contributed by atoms with Crippen molar-refractivity contribution in [3.05, 3.63) is 29.8 Å². The molecule has 0 heterocycles. The predicted octanol–water partition coefficient (Wildman–Crippen LogP) is 0.736. The summed E-state index contributed by atoms with van der Waals surface area (Å²) in [5.41, 5.74) is 11.8. The first kappa shape index (κ1) is 11.5. The molecule has 0 spiro atoms. The third kappa shape index (κ3) is 2.95. The fourth-order valence-corrected chi connectivity index (χ4v) is 1.13. The Kier molecular flexibility index (Phi) is 3.31. The maximum absolute atomic E-state index is 11.8. The zero-order chi connectivity index (χ0) is 11.5. The van der Waals surface area contributed by atoms with E-state index in [0.717, 1.165) is 0 Å². The minimum absolute atomic E-state index is 0.191. The average Bonchev–Trinajstić information content (AvgIpc) is 2.17. The molecular formula is C11H17N3O. The zero-order valence-corrected chi connectivity index (χ0v) is 9.08. The molecule has 5 N–H and O–H groups in total. The van der Waals surface area contributed by atoms with E-state index < -0.39 is 5.54 Å². The van der Waals surface area contributed by atoms with E-state index in [1.54, 1.807) is 24.3 Å². The summed E-state index contributed by atoms with van der Waals surface area (Å²) in [6.45, 7) is 4.11. The standard InChI is InChI=1S/C11H17N3O/c1-11(2,7-12)14-10(15)8-5-3-4-6-9(8)13/h3-6H,7,12-13H2,1-2H3,(H,14,15). The van der Waals surface area contributed by atoms with Gasteiger partial charge in [0.05, 0.1) is 5.56 Å². The van der Waals surface area contributed by atoms with Crippen LogP contribution < -0.4 is 16.8 Å². The molecule has 1 aromatic carbocycles. The molecule has 4 heteroatoms. The second kappa shape index (κ2) is 4.31. The molecule has 82 valence electrons. The Morgan fingerprint density at radius 1 is 1.40 bits per heavy atom. The van der Waals surface area contributed by atoms with Crippen molar-refractivity contribution >= 4 is 11.6 Å². The van der Waals surface area contributed by atoms with Gasteiger partial charge in [-0.1, -0.05) is 12.1 Å². The van der Waals surface area contributed by atoms with Gasteiger partial charge in [-0.2, -0.15) is 0 Å². The molecule has 1 aromatic rings. The van der Waals surface area contributed by atoms with E-state index in [-0.39, 0.29) is 5.91 Å². The number of rotatable bonds is 3. The minimum Gasteiger partial charge on any atom is -0.398 e. The number of nitrogen functional groups attached to an aromatic ring is 1. The van der Waals surface area contributed by atoms with Crippen LogP contribution >= 0.6 is 0 Å². The molecule has 0 aromatic heterocycles. The molecule has 0 radical (unpaired) electrons. The first-order valence-corrected chi connectivity index (χ1v) is 4.83. The van der Waals surface area contributed by atoms with Crippen molar-refractivity contribution in [2.75, 3.05) is 12.3 Å². The van der Waals surface area contributed by atoms with Crippen molar-refractivity contribution in [1.29, 1.82) is 0 Å². The topological polar surface area (TPSA) is 81.1 Å². The maximum atomic E-state index is 11.8. The van der Waals surface area contributed by atoms with E-state index in [1.165, 1.54) is 0 Å². The van der Waals surface area contributed by atoms with Gasteiger partial charge in [-0.05, 0) is 26.0 Å². The van der Waals surface area contributed by atoms with Crippen LogP contribution in [0.25, 0.3) is 0 Å². The summed E-state index contributed by atoms with van der Waals surface area (Å²) in [6, 6.07) is 6.96. The highest BCUT2D eigenvalue weighted by molar-refractivity contribution is 5.99. The van der Waals surface area contributed by atoms with Crippen LogP contribution in [0.3, 0.4) is 0 Å². The largest absolute Gasteiger partial charge is 0.398 e. The van der Waals surface area contributed by atoms with E-state index >= 15 is 0 Å². The van der Waals surface area contributed by atoms with Crippen LogP contribution in [0.4, 0.5) is 5.69 Å². The van der Waals surface area contributed by atoms with Gasteiger partial charge in [0.2, 0.25) is 0 Å². The first-order valence-electron chi connectivity index (χ1n) is 4.83. The summed E-state index contributed by atoms with van der Waals surface area (Å²) in [5, 5.41) is 2.82. The van der Waals surface area contributed by atoms with Gasteiger partial charge in [0.15, 0.2) is 0 Å². The average molecular weight is 207 g/mol. The van der Waals surface area contributed by atoms with Gasteiger partial charge in [-0.3, -0.25) is 4.79 Å². The summed E-state index contributed by atoms with van der Waals surface area (Å²) in [4.78, 5) is 11.8. The van der Waals surface area contributed by atoms with Gasteiger partial charge < -0.3 is 16.8 Å². The van der Waals surface area contributed by atoms with Gasteiger partial charge in [-0.15, -0.1) is 0 Å². The fourth-order valence-electron chi connectivity index (χ4n) is 1.13. The second-order valence-electron chi connectivity index (χ2n) is 4.13. The lowest BCUT2D eigenvalue weighted by atomic mass is 10.0. The summed E-state index contributed by atoms with van der Waals surface area (Å²) in [7, 11) is 0. The second-order valence-corrected chi connectivity index (χ2v) is 4.13. The Morgan fingerprint density at radius 3 is 2.53 bits per heavy atom. The summed E-state index contributed by atoms with van der Waals surface area (Å²) < 4.78 is 0. The molecule has 0 aliphatic rings. The molecule has 1 rings (SSSR count). The maximum Gasteiger partial charge on any atom is 0.253 e. The van der Waals surface area contributed by atoms with Gasteiger partial charge in [-0.25, -0.2) is 0 Å². The molecular weight excluding hydrogens is 190 g/mol. The molecule has 0 aliphatic carbocycles. The number of para-hydroxylation sites is 1. The highest BCUT2D eigenvalue weighted by Gasteiger charge is 2.19. The number of amides is 1. The Labute approximate surface area is 89.6 Å². The molecule has 0 aliphatic heterocycles. The van der Waals surface area contributed by atoms with Crippen molar-refractivity contribution in [3.63, 3.8) is 0 Å². The number of carbonyl (C=O) groups excluding carboxylic acids is 1. The monoisotopic (exact) mass is 207 g/mol. The smallest absolute Gasteiger partial charge is 0.253 e. The van der Waals surface area contributed by atoms with Crippen LogP contribution in [0, 0.1) is 0 Å². The third-order valence-corrected chi connectivity index (χ3v) is 2.17. The van der Waals surface area contributed by atoms with Crippen molar-refractivity contribution in [2.24, 2.45) is 5.73 Å². The van der Waals surface area contributed by atoms with Crippen molar-refractivity contribution in [3.8, 4) is 0 Å². The molecule has 0 saturated heterocycles. The lowest BCUT2D eigenvalue weighted by Crippen LogP contribution is -2.48. The van der Waals surface area contributed by atoms with E-state index in [0.29, 0.717) is 17.8 Å². The lowest BCUT2D eigenvalue weighted by molar-refractivity contribution is 0.0916. The van der Waals surface area contributed by atoms with Crippen LogP contribution in [0.1, 0.15) is 24.2 Å². The number of hydrogen-bond acceptors (Lipinski definition) is 3. The number of benzene rings is 1. The zero-order valence-electron chi connectivity index (χ0n) is 9.08. The third-order valence-electron chi connectivity index (χ3n) is 2.17. The molecule has 0 saturated carbocycles. The van der Waals surface area contributed by atoms with Gasteiger partial charge in [0.1, 0.15) is 0 Å². The van der Waals surface area contributed by atoms with Crippen LogP contribution in [0.15, 0.2) is 24.3 Å². The molecule has 4 nitrogen and oxygen atoms in total. The van der Waals surface area contributed by atoms with E-state index in [9.17, 15) is 4.79 Å². The van der Waals surface area contributed by atoms with Gasteiger partial charge >= 0.3 is 0 Å². The molecule has 1 amide bonds. The summed E-state index contributed by atoms with van der Waals surface area (Å²) >= 11 is 0. The number of nitrogens with two attached hydrogens (primary N) is 2. The Hall–Kier alpha value is -1.55. The van der Waals surface area contributed by atoms with Crippen LogP contribution in [0.5, 0.6) is 0 Å². The predicted molar refractivity (Wildman–Crippen MR) is 61.5 cm³/mol. The number of anilines is 1. The first-order chi connectivity index (χ1) is 6.96. The fraction of sp³-hybridized carbons (Fsp3) is 0.364.